The number of ether oxygens (including phenoxy) is 1. The molecule has 5 atom stereocenters. The van der Waals surface area contributed by atoms with E-state index < -0.39 is 61.4 Å². The SMILES string of the molecule is CCCCCCCC1(C2(O)OC(C(CO[Si](C)(C)C)O[Si](C)(C)C)C(O[Si](C)(C)C)C2O[Si](C)(C)C)SCCCS1. The average Bonchev–Trinajstić information content (AvgIpc) is 3.06. The molecule has 0 aromatic heterocycles. The molecule has 2 aliphatic heterocycles. The van der Waals surface area contributed by atoms with Crippen molar-refractivity contribution in [3.63, 3.8) is 0 Å². The molecular formula is C29H64O6S2Si4. The van der Waals surface area contributed by atoms with Crippen LogP contribution in [0.1, 0.15) is 51.9 Å². The topological polar surface area (TPSA) is 66.4 Å². The van der Waals surface area contributed by atoms with Crippen LogP contribution in [0.3, 0.4) is 0 Å². The van der Waals surface area contributed by atoms with Crippen LogP contribution in [0, 0.1) is 0 Å². The summed E-state index contributed by atoms with van der Waals surface area (Å²) in [5.74, 6) is 0.541. The minimum atomic E-state index is -2.11. The van der Waals surface area contributed by atoms with Crippen molar-refractivity contribution in [3.8, 4) is 0 Å². The predicted molar refractivity (Wildman–Crippen MR) is 189 cm³/mol. The van der Waals surface area contributed by atoms with E-state index in [0.717, 1.165) is 30.8 Å². The van der Waals surface area contributed by atoms with Gasteiger partial charge in [-0.1, -0.05) is 39.0 Å². The number of aliphatic hydroxyl groups is 1. The van der Waals surface area contributed by atoms with E-state index in [9.17, 15) is 5.11 Å². The Labute approximate surface area is 266 Å². The minimum Gasteiger partial charge on any atom is -0.415 e. The number of thioether (sulfide) groups is 2. The summed E-state index contributed by atoms with van der Waals surface area (Å²) >= 11 is 3.77. The van der Waals surface area contributed by atoms with E-state index in [4.69, 9.17) is 22.4 Å². The van der Waals surface area contributed by atoms with Crippen molar-refractivity contribution < 1.29 is 27.5 Å². The van der Waals surface area contributed by atoms with E-state index in [2.05, 4.69) is 85.5 Å². The lowest BCUT2D eigenvalue weighted by molar-refractivity contribution is -0.239. The van der Waals surface area contributed by atoms with Gasteiger partial charge in [0, 0.05) is 0 Å². The van der Waals surface area contributed by atoms with Crippen LogP contribution in [-0.2, 0) is 22.4 Å². The van der Waals surface area contributed by atoms with E-state index in [1.165, 1.54) is 25.7 Å². The number of hydrogen-bond donors (Lipinski definition) is 1. The molecule has 0 amide bonds. The van der Waals surface area contributed by atoms with Gasteiger partial charge in [0.25, 0.3) is 0 Å². The van der Waals surface area contributed by atoms with Crippen LogP contribution < -0.4 is 0 Å². The Balaban J connectivity index is 2.64. The van der Waals surface area contributed by atoms with Crippen molar-refractivity contribution >= 4 is 56.8 Å². The first kappa shape index (κ1) is 38.5. The highest BCUT2D eigenvalue weighted by atomic mass is 32.2. The number of hydrogen-bond acceptors (Lipinski definition) is 8. The third-order valence-electron chi connectivity index (χ3n) is 6.96. The summed E-state index contributed by atoms with van der Waals surface area (Å²) in [5, 5.41) is 13.1. The van der Waals surface area contributed by atoms with Crippen LogP contribution >= 0.6 is 23.5 Å². The highest BCUT2D eigenvalue weighted by Gasteiger charge is 2.68. The zero-order valence-corrected chi connectivity index (χ0v) is 34.3. The summed E-state index contributed by atoms with van der Waals surface area (Å²) in [4.78, 5) is 0. The highest BCUT2D eigenvalue weighted by molar-refractivity contribution is 8.18. The van der Waals surface area contributed by atoms with E-state index in [1.54, 1.807) is 0 Å². The molecule has 244 valence electrons. The van der Waals surface area contributed by atoms with Gasteiger partial charge in [0.05, 0.1) is 12.7 Å². The summed E-state index contributed by atoms with van der Waals surface area (Å²) < 4.78 is 34.0. The van der Waals surface area contributed by atoms with Gasteiger partial charge in [0.15, 0.2) is 33.3 Å². The normalized spacial score (nSPS) is 28.7. The average molecular weight is 685 g/mol. The summed E-state index contributed by atoms with van der Waals surface area (Å²) in [5.41, 5.74) is 0. The minimum absolute atomic E-state index is 0.336. The zero-order chi connectivity index (χ0) is 31.3. The molecule has 6 nitrogen and oxygen atoms in total. The zero-order valence-electron chi connectivity index (χ0n) is 28.7. The molecule has 0 saturated carbocycles. The fraction of sp³-hybridized carbons (Fsp3) is 1.00. The molecule has 5 unspecified atom stereocenters. The second kappa shape index (κ2) is 15.3. The van der Waals surface area contributed by atoms with Crippen LogP contribution in [-0.4, -0.2) is 90.8 Å². The molecule has 2 saturated heterocycles. The maximum atomic E-state index is 13.1. The van der Waals surface area contributed by atoms with Crippen LogP contribution in [0.25, 0.3) is 0 Å². The van der Waals surface area contributed by atoms with Gasteiger partial charge in [-0.3, -0.25) is 0 Å². The van der Waals surface area contributed by atoms with Gasteiger partial charge in [-0.05, 0) is 103 Å². The lowest BCUT2D eigenvalue weighted by atomic mass is 9.96. The predicted octanol–water partition coefficient (Wildman–Crippen LogP) is 8.51. The summed E-state index contributed by atoms with van der Waals surface area (Å²) in [6.45, 7) is 29.2. The Kier molecular flexibility index (Phi) is 14.3. The third-order valence-corrected chi connectivity index (χ3v) is 14.6. The van der Waals surface area contributed by atoms with Crippen LogP contribution in [0.5, 0.6) is 0 Å². The van der Waals surface area contributed by atoms with E-state index in [-0.39, 0.29) is 6.10 Å². The smallest absolute Gasteiger partial charge is 0.218 e. The lowest BCUT2D eigenvalue weighted by Gasteiger charge is -2.49. The molecule has 0 radical (unpaired) electrons. The number of rotatable bonds is 17. The first-order valence-electron chi connectivity index (χ1n) is 16.0. The summed E-state index contributed by atoms with van der Waals surface area (Å²) in [7, 11) is -8.00. The molecule has 0 spiro atoms. The standard InChI is InChI=1S/C29H64O6S2Si4/c1-14-15-16-17-18-20-28(36-21-19-22-37-28)29(30)27(35-41(11,12)13)26(34-40(8,9)10)25(32-29)24(33-39(5,6)7)23-31-38(2,3)4/h24-27,30H,14-23H2,1-13H3. The van der Waals surface area contributed by atoms with Gasteiger partial charge in [-0.2, -0.15) is 0 Å². The first-order chi connectivity index (χ1) is 18.6. The Hall–Kier alpha value is 1.33. The fourth-order valence-corrected chi connectivity index (χ4v) is 12.9. The highest BCUT2D eigenvalue weighted by Crippen LogP contribution is 2.58. The van der Waals surface area contributed by atoms with Gasteiger partial charge in [0.2, 0.25) is 5.79 Å². The van der Waals surface area contributed by atoms with Crippen molar-refractivity contribution in [2.75, 3.05) is 18.1 Å². The molecule has 2 heterocycles. The quantitative estimate of drug-likeness (QED) is 0.121. The molecule has 0 aromatic carbocycles. The second-order valence-electron chi connectivity index (χ2n) is 15.8. The first-order valence-corrected chi connectivity index (χ1v) is 31.6. The second-order valence-corrected chi connectivity index (χ2v) is 36.7. The van der Waals surface area contributed by atoms with E-state index in [0.29, 0.717) is 6.61 Å². The molecule has 0 aromatic rings. The molecule has 41 heavy (non-hydrogen) atoms. The molecular weight excluding hydrogens is 621 g/mol. The van der Waals surface area contributed by atoms with Gasteiger partial charge in [0.1, 0.15) is 22.4 Å². The van der Waals surface area contributed by atoms with Gasteiger partial charge in [-0.25, -0.2) is 0 Å². The summed E-state index contributed by atoms with van der Waals surface area (Å²) in [6.07, 6.45) is 6.19. The van der Waals surface area contributed by atoms with Crippen LogP contribution in [0.4, 0.5) is 0 Å². The van der Waals surface area contributed by atoms with Crippen molar-refractivity contribution in [2.45, 2.75) is 165 Å². The van der Waals surface area contributed by atoms with Gasteiger partial charge >= 0.3 is 0 Å². The van der Waals surface area contributed by atoms with Crippen molar-refractivity contribution in [3.05, 3.63) is 0 Å². The van der Waals surface area contributed by atoms with Crippen molar-refractivity contribution in [2.24, 2.45) is 0 Å². The largest absolute Gasteiger partial charge is 0.415 e. The number of unbranched alkanes of at least 4 members (excludes halogenated alkanes) is 4. The Morgan fingerprint density at radius 3 is 1.83 bits per heavy atom. The molecule has 12 heteroatoms. The Morgan fingerprint density at radius 2 is 1.34 bits per heavy atom. The van der Waals surface area contributed by atoms with Gasteiger partial charge < -0.3 is 27.5 Å². The molecule has 2 aliphatic rings. The monoisotopic (exact) mass is 684 g/mol. The maximum absolute atomic E-state index is 13.1. The lowest BCUT2D eigenvalue weighted by Crippen LogP contribution is -2.62. The van der Waals surface area contributed by atoms with Crippen LogP contribution in [0.15, 0.2) is 0 Å². The third kappa shape index (κ3) is 12.2. The maximum Gasteiger partial charge on any atom is 0.218 e. The Bertz CT molecular complexity index is 790. The molecule has 0 bridgehead atoms. The van der Waals surface area contributed by atoms with E-state index in [1.807, 2.05) is 23.5 Å². The molecule has 1 N–H and O–H groups in total. The summed E-state index contributed by atoms with van der Waals surface area (Å²) in [6, 6.07) is 0. The van der Waals surface area contributed by atoms with Crippen LogP contribution in [0.2, 0.25) is 78.6 Å². The van der Waals surface area contributed by atoms with Crippen molar-refractivity contribution in [1.29, 1.82) is 0 Å². The fourth-order valence-electron chi connectivity index (χ4n) is 5.44. The van der Waals surface area contributed by atoms with E-state index >= 15 is 0 Å². The van der Waals surface area contributed by atoms with Gasteiger partial charge in [-0.15, -0.1) is 23.5 Å². The molecule has 2 rings (SSSR count). The Morgan fingerprint density at radius 1 is 0.780 bits per heavy atom. The van der Waals surface area contributed by atoms with Crippen molar-refractivity contribution in [1.82, 2.24) is 0 Å². The molecule has 2 fully saturated rings. The molecule has 0 aliphatic carbocycles.